The highest BCUT2D eigenvalue weighted by Gasteiger charge is 2.54. The van der Waals surface area contributed by atoms with Crippen LogP contribution < -0.4 is 21.4 Å². The van der Waals surface area contributed by atoms with Crippen LogP contribution in [0.25, 0.3) is 10.9 Å². The number of rotatable bonds is 7. The molecule has 12 nitrogen and oxygen atoms in total. The quantitative estimate of drug-likeness (QED) is 0.109. The van der Waals surface area contributed by atoms with Crippen LogP contribution in [0.4, 0.5) is 10.8 Å². The molecular formula is C23H22N7O5S2+. The monoisotopic (exact) mass is 540 g/mol. The Morgan fingerprint density at radius 1 is 1.35 bits per heavy atom. The normalized spacial score (nSPS) is 19.4. The first-order chi connectivity index (χ1) is 17.8. The van der Waals surface area contributed by atoms with Crippen molar-refractivity contribution in [3.05, 3.63) is 58.9 Å². The second kappa shape index (κ2) is 9.71. The van der Waals surface area contributed by atoms with Crippen molar-refractivity contribution in [1.29, 1.82) is 0 Å². The van der Waals surface area contributed by atoms with Crippen LogP contribution in [0.15, 0.2) is 58.3 Å². The number of thiazole rings is 1. The zero-order chi connectivity index (χ0) is 26.3. The number of anilines is 2. The Morgan fingerprint density at radius 3 is 2.86 bits per heavy atom. The third-order valence-electron chi connectivity index (χ3n) is 5.97. The van der Waals surface area contributed by atoms with Gasteiger partial charge in [-0.3, -0.25) is 14.5 Å². The van der Waals surface area contributed by atoms with Gasteiger partial charge in [-0.25, -0.2) is 9.78 Å². The lowest BCUT2D eigenvalue weighted by atomic mass is 10.0. The number of oxime groups is 1. The van der Waals surface area contributed by atoms with E-state index in [-0.39, 0.29) is 28.8 Å². The van der Waals surface area contributed by atoms with Crippen LogP contribution in [0.3, 0.4) is 0 Å². The number of carboxylic acid groups (broad SMARTS) is 1. The summed E-state index contributed by atoms with van der Waals surface area (Å²) in [6.45, 7) is 0.263. The highest BCUT2D eigenvalue weighted by atomic mass is 32.2. The minimum atomic E-state index is -1.21. The topological polar surface area (TPSA) is 177 Å². The van der Waals surface area contributed by atoms with Crippen molar-refractivity contribution in [2.24, 2.45) is 5.16 Å². The van der Waals surface area contributed by atoms with E-state index in [1.165, 1.54) is 23.8 Å². The lowest BCUT2D eigenvalue weighted by Crippen LogP contribution is -2.71. The zero-order valence-corrected chi connectivity index (χ0v) is 21.1. The minimum Gasteiger partial charge on any atom is -0.477 e. The van der Waals surface area contributed by atoms with Crippen LogP contribution in [-0.2, 0) is 25.8 Å². The SMILES string of the molecule is CON=C(C(=O)NC1C(=O)N2C(C(=O)O)=C(C[n+]3cccc4ccc(N)cc43)CS[C@@H]12)c1csc(N)n1. The fourth-order valence-electron chi connectivity index (χ4n) is 4.33. The van der Waals surface area contributed by atoms with Gasteiger partial charge in [0, 0.05) is 39.9 Å². The largest absolute Gasteiger partial charge is 0.477 e. The Kier molecular flexibility index (Phi) is 6.43. The fourth-order valence-corrected chi connectivity index (χ4v) is 6.21. The zero-order valence-electron chi connectivity index (χ0n) is 19.5. The van der Waals surface area contributed by atoms with Gasteiger partial charge < -0.3 is 26.7 Å². The number of aromatic nitrogens is 2. The first-order valence-corrected chi connectivity index (χ1v) is 12.9. The number of pyridine rings is 1. The summed E-state index contributed by atoms with van der Waals surface area (Å²) in [6.07, 6.45) is 1.84. The third-order valence-corrected chi connectivity index (χ3v) is 7.98. The lowest BCUT2D eigenvalue weighted by molar-refractivity contribution is -0.663. The van der Waals surface area contributed by atoms with Gasteiger partial charge in [0.15, 0.2) is 23.6 Å². The van der Waals surface area contributed by atoms with Crippen molar-refractivity contribution in [3.63, 3.8) is 0 Å². The van der Waals surface area contributed by atoms with E-state index in [0.717, 1.165) is 22.2 Å². The van der Waals surface area contributed by atoms with Crippen LogP contribution in [0.2, 0.25) is 0 Å². The summed E-state index contributed by atoms with van der Waals surface area (Å²) >= 11 is 2.51. The maximum absolute atomic E-state index is 13.1. The summed E-state index contributed by atoms with van der Waals surface area (Å²) < 4.78 is 1.90. The number of hydrogen-bond acceptors (Lipinski definition) is 10. The molecule has 0 bridgehead atoms. The van der Waals surface area contributed by atoms with Crippen LogP contribution in [0.1, 0.15) is 5.69 Å². The van der Waals surface area contributed by atoms with Crippen molar-refractivity contribution in [3.8, 4) is 0 Å². The number of benzene rings is 1. The van der Waals surface area contributed by atoms with E-state index in [9.17, 15) is 19.5 Å². The molecule has 37 heavy (non-hydrogen) atoms. The first-order valence-electron chi connectivity index (χ1n) is 11.0. The average Bonchev–Trinajstić information content (AvgIpc) is 3.31. The molecule has 1 unspecified atom stereocenters. The molecule has 4 heterocycles. The number of aliphatic carboxylic acids is 1. The molecular weight excluding hydrogens is 518 g/mol. The Balaban J connectivity index is 1.39. The van der Waals surface area contributed by atoms with Crippen molar-refractivity contribution >= 4 is 68.3 Å². The number of carbonyl (C=O) groups is 3. The summed E-state index contributed by atoms with van der Waals surface area (Å²) in [5, 5.41) is 18.6. The van der Waals surface area contributed by atoms with Crippen LogP contribution in [-0.4, -0.2) is 62.8 Å². The van der Waals surface area contributed by atoms with Crippen LogP contribution >= 0.6 is 23.1 Å². The number of fused-ring (bicyclic) bond motifs is 2. The molecule has 6 N–H and O–H groups in total. The second-order valence-electron chi connectivity index (χ2n) is 8.27. The maximum atomic E-state index is 13.1. The van der Waals surface area contributed by atoms with Gasteiger partial charge in [0.05, 0.1) is 0 Å². The number of amides is 2. The first kappa shape index (κ1) is 24.5. The summed E-state index contributed by atoms with van der Waals surface area (Å²) in [5.41, 5.74) is 13.6. The van der Waals surface area contributed by atoms with E-state index >= 15 is 0 Å². The number of carbonyl (C=O) groups excluding carboxylic acids is 2. The highest BCUT2D eigenvalue weighted by Crippen LogP contribution is 2.40. The molecule has 190 valence electrons. The van der Waals surface area contributed by atoms with E-state index in [1.807, 2.05) is 35.0 Å². The number of nitrogen functional groups attached to an aromatic ring is 2. The highest BCUT2D eigenvalue weighted by molar-refractivity contribution is 8.00. The standard InChI is InChI=1S/C23H21N7O5S2/c1-35-28-16(14-10-37-23(25)26-14)19(31)27-17-20(32)30-18(22(33)34)12(9-36-21(17)30)8-29-6-2-3-11-4-5-13(24)7-15(11)29/h2-7,10,17,21,24H,8-9H2,1H3,(H4,25,26,27,31,33,34)/p+1/t17?,21-/m0/s1. The molecule has 2 aromatic heterocycles. The summed E-state index contributed by atoms with van der Waals surface area (Å²) in [7, 11) is 1.28. The number of nitrogens with zero attached hydrogens (tertiary/aromatic N) is 4. The Hall–Kier alpha value is -4.17. The van der Waals surface area contributed by atoms with Crippen molar-refractivity contribution in [2.45, 2.75) is 18.0 Å². The maximum Gasteiger partial charge on any atom is 0.352 e. The van der Waals surface area contributed by atoms with Gasteiger partial charge in [-0.05, 0) is 18.2 Å². The molecule has 2 amide bonds. The Bertz CT molecular complexity index is 1500. The number of nitrogens with two attached hydrogens (primary N) is 2. The van der Waals surface area contributed by atoms with Crippen molar-refractivity contribution in [1.82, 2.24) is 15.2 Å². The molecule has 1 fully saturated rings. The van der Waals surface area contributed by atoms with Crippen LogP contribution in [0.5, 0.6) is 0 Å². The predicted octanol–water partition coefficient (Wildman–Crippen LogP) is 0.538. The number of hydrogen-bond donors (Lipinski definition) is 4. The smallest absolute Gasteiger partial charge is 0.352 e. The molecule has 14 heteroatoms. The average molecular weight is 541 g/mol. The molecule has 1 saturated heterocycles. The van der Waals surface area contributed by atoms with E-state index in [4.69, 9.17) is 16.3 Å². The van der Waals surface area contributed by atoms with Gasteiger partial charge in [-0.15, -0.1) is 23.1 Å². The van der Waals surface area contributed by atoms with Gasteiger partial charge in [0.2, 0.25) is 5.52 Å². The molecule has 0 aliphatic carbocycles. The number of carboxylic acids is 1. The van der Waals surface area contributed by atoms with Gasteiger partial charge in [-0.2, -0.15) is 4.57 Å². The van der Waals surface area contributed by atoms with E-state index in [0.29, 0.717) is 17.0 Å². The molecule has 5 rings (SSSR count). The molecule has 3 aromatic rings. The van der Waals surface area contributed by atoms with E-state index < -0.39 is 29.2 Å². The minimum absolute atomic E-state index is 0.0780. The molecule has 0 radical (unpaired) electrons. The van der Waals surface area contributed by atoms with Crippen molar-refractivity contribution < 1.29 is 28.9 Å². The van der Waals surface area contributed by atoms with Crippen molar-refractivity contribution in [2.75, 3.05) is 24.3 Å². The van der Waals surface area contributed by atoms with Gasteiger partial charge in [0.25, 0.3) is 11.8 Å². The molecule has 2 aliphatic rings. The summed E-state index contributed by atoms with van der Waals surface area (Å²) in [6, 6.07) is 8.40. The van der Waals surface area contributed by atoms with Crippen LogP contribution in [0, 0.1) is 0 Å². The predicted molar refractivity (Wildman–Crippen MR) is 138 cm³/mol. The third kappa shape index (κ3) is 4.44. The van der Waals surface area contributed by atoms with E-state index in [1.54, 1.807) is 11.4 Å². The fraction of sp³-hybridized carbons (Fsp3) is 0.217. The Morgan fingerprint density at radius 2 is 2.16 bits per heavy atom. The Labute approximate surface area is 218 Å². The number of thioether (sulfide) groups is 1. The van der Waals surface area contributed by atoms with Gasteiger partial charge >= 0.3 is 5.97 Å². The molecule has 0 saturated carbocycles. The van der Waals surface area contributed by atoms with E-state index in [2.05, 4.69) is 15.5 Å². The van der Waals surface area contributed by atoms with Gasteiger partial charge in [0.1, 0.15) is 29.9 Å². The molecule has 0 spiro atoms. The molecule has 1 aromatic carbocycles. The summed E-state index contributed by atoms with van der Waals surface area (Å²) in [5.74, 6) is -2.06. The van der Waals surface area contributed by atoms with Gasteiger partial charge in [-0.1, -0.05) is 5.16 Å². The summed E-state index contributed by atoms with van der Waals surface area (Å²) in [4.78, 5) is 48.3. The number of β-lactam (4-membered cyclic amide) rings is 1. The lowest BCUT2D eigenvalue weighted by Gasteiger charge is -2.49. The molecule has 2 aliphatic heterocycles. The second-order valence-corrected chi connectivity index (χ2v) is 10.3. The molecule has 2 atom stereocenters. The number of nitrogens with one attached hydrogen (secondary N) is 1.